The first-order chi connectivity index (χ1) is 9.22. The fourth-order valence-electron chi connectivity index (χ4n) is 1.83. The predicted octanol–water partition coefficient (Wildman–Crippen LogP) is 3.61. The average Bonchev–Trinajstić information content (AvgIpc) is 2.40. The normalized spacial score (nSPS) is 10.4. The van der Waals surface area contributed by atoms with Crippen molar-refractivity contribution in [2.24, 2.45) is 0 Å². The Kier molecular flexibility index (Phi) is 4.66. The number of halogens is 1. The van der Waals surface area contributed by atoms with Crippen molar-refractivity contribution >= 4 is 17.3 Å². The van der Waals surface area contributed by atoms with Gasteiger partial charge in [-0.2, -0.15) is 0 Å². The van der Waals surface area contributed by atoms with Gasteiger partial charge in [0.05, 0.1) is 6.61 Å². The van der Waals surface area contributed by atoms with Gasteiger partial charge in [-0.3, -0.25) is 0 Å². The zero-order valence-corrected chi connectivity index (χ0v) is 11.5. The van der Waals surface area contributed by atoms with Crippen LogP contribution in [0.1, 0.15) is 0 Å². The Morgan fingerprint density at radius 1 is 1.05 bits per heavy atom. The third-order valence-electron chi connectivity index (χ3n) is 2.74. The van der Waals surface area contributed by atoms with Gasteiger partial charge in [0.15, 0.2) is 0 Å². The summed E-state index contributed by atoms with van der Waals surface area (Å²) < 4.78 is 10.7. The largest absolute Gasteiger partial charge is 0.491 e. The van der Waals surface area contributed by atoms with Gasteiger partial charge in [-0.05, 0) is 18.2 Å². The van der Waals surface area contributed by atoms with Crippen molar-refractivity contribution in [2.75, 3.05) is 26.1 Å². The van der Waals surface area contributed by atoms with E-state index in [0.717, 1.165) is 16.9 Å². The lowest BCUT2D eigenvalue weighted by Crippen LogP contribution is -2.05. The smallest absolute Gasteiger partial charge is 0.127 e. The van der Waals surface area contributed by atoms with Gasteiger partial charge < -0.3 is 15.2 Å². The van der Waals surface area contributed by atoms with Gasteiger partial charge in [-0.1, -0.05) is 35.9 Å². The summed E-state index contributed by atoms with van der Waals surface area (Å²) in [5.41, 5.74) is 8.51. The van der Waals surface area contributed by atoms with Crippen molar-refractivity contribution < 1.29 is 9.47 Å². The Labute approximate surface area is 117 Å². The van der Waals surface area contributed by atoms with Crippen LogP contribution in [0.4, 0.5) is 5.69 Å². The van der Waals surface area contributed by atoms with Crippen molar-refractivity contribution in [3.8, 4) is 16.9 Å². The molecule has 0 aliphatic rings. The highest BCUT2D eigenvalue weighted by atomic mass is 35.5. The monoisotopic (exact) mass is 277 g/mol. The molecule has 0 aromatic heterocycles. The van der Waals surface area contributed by atoms with Crippen LogP contribution < -0.4 is 10.5 Å². The third kappa shape index (κ3) is 3.40. The standard InChI is InChI=1S/C15H16ClNO2/c1-18-8-9-19-15-5-3-2-4-13(15)12-7-6-11(16)10-14(12)17/h2-7,10H,8-9,17H2,1H3. The van der Waals surface area contributed by atoms with Crippen LogP contribution in [0.15, 0.2) is 42.5 Å². The fourth-order valence-corrected chi connectivity index (χ4v) is 2.01. The number of hydrogen-bond acceptors (Lipinski definition) is 3. The Hall–Kier alpha value is -1.71. The molecule has 0 fully saturated rings. The lowest BCUT2D eigenvalue weighted by molar-refractivity contribution is 0.146. The number of rotatable bonds is 5. The molecule has 100 valence electrons. The van der Waals surface area contributed by atoms with Crippen molar-refractivity contribution in [1.82, 2.24) is 0 Å². The highest BCUT2D eigenvalue weighted by Gasteiger charge is 2.09. The molecule has 2 aromatic rings. The number of ether oxygens (including phenoxy) is 2. The predicted molar refractivity (Wildman–Crippen MR) is 78.7 cm³/mol. The van der Waals surface area contributed by atoms with Gasteiger partial charge in [-0.15, -0.1) is 0 Å². The number of nitrogens with two attached hydrogens (primary N) is 1. The molecule has 0 saturated carbocycles. The van der Waals surface area contributed by atoms with Gasteiger partial charge in [0.25, 0.3) is 0 Å². The maximum Gasteiger partial charge on any atom is 0.127 e. The highest BCUT2D eigenvalue weighted by Crippen LogP contribution is 2.34. The molecule has 2 rings (SSSR count). The zero-order chi connectivity index (χ0) is 13.7. The van der Waals surface area contributed by atoms with E-state index >= 15 is 0 Å². The molecule has 2 aromatic carbocycles. The van der Waals surface area contributed by atoms with E-state index in [0.29, 0.717) is 23.9 Å². The highest BCUT2D eigenvalue weighted by molar-refractivity contribution is 6.31. The molecule has 0 heterocycles. The van der Waals surface area contributed by atoms with Gasteiger partial charge in [0, 0.05) is 28.9 Å². The molecule has 0 amide bonds. The average molecular weight is 278 g/mol. The van der Waals surface area contributed by atoms with E-state index in [1.165, 1.54) is 0 Å². The molecule has 0 unspecified atom stereocenters. The molecule has 0 spiro atoms. The zero-order valence-electron chi connectivity index (χ0n) is 10.7. The molecule has 0 radical (unpaired) electrons. The second-order valence-corrected chi connectivity index (χ2v) is 4.51. The van der Waals surface area contributed by atoms with E-state index in [9.17, 15) is 0 Å². The quantitative estimate of drug-likeness (QED) is 0.671. The molecule has 3 nitrogen and oxygen atoms in total. The molecule has 2 N–H and O–H groups in total. The van der Waals surface area contributed by atoms with E-state index in [2.05, 4.69) is 0 Å². The Morgan fingerprint density at radius 2 is 1.84 bits per heavy atom. The minimum Gasteiger partial charge on any atom is -0.491 e. The summed E-state index contributed by atoms with van der Waals surface area (Å²) in [6.07, 6.45) is 0. The van der Waals surface area contributed by atoms with E-state index in [1.807, 2.05) is 36.4 Å². The third-order valence-corrected chi connectivity index (χ3v) is 2.97. The summed E-state index contributed by atoms with van der Waals surface area (Å²) in [6, 6.07) is 13.2. The van der Waals surface area contributed by atoms with Crippen LogP contribution in [0.2, 0.25) is 5.02 Å². The first-order valence-electron chi connectivity index (χ1n) is 5.98. The molecule has 4 heteroatoms. The summed E-state index contributed by atoms with van der Waals surface area (Å²) in [7, 11) is 1.65. The molecule has 0 bridgehead atoms. The number of anilines is 1. The van der Waals surface area contributed by atoms with Gasteiger partial charge in [0.2, 0.25) is 0 Å². The molecule has 0 atom stereocenters. The van der Waals surface area contributed by atoms with Crippen LogP contribution in [0.3, 0.4) is 0 Å². The maximum absolute atomic E-state index is 6.01. The molecule has 19 heavy (non-hydrogen) atoms. The molecular weight excluding hydrogens is 262 g/mol. The van der Waals surface area contributed by atoms with E-state index in [-0.39, 0.29) is 0 Å². The van der Waals surface area contributed by atoms with Crippen LogP contribution in [0, 0.1) is 0 Å². The Bertz CT molecular complexity index is 558. The summed E-state index contributed by atoms with van der Waals surface area (Å²) >= 11 is 5.92. The summed E-state index contributed by atoms with van der Waals surface area (Å²) in [6.45, 7) is 1.05. The van der Waals surface area contributed by atoms with Gasteiger partial charge in [0.1, 0.15) is 12.4 Å². The number of hydrogen-bond donors (Lipinski definition) is 1. The number of nitrogen functional groups attached to an aromatic ring is 1. The van der Waals surface area contributed by atoms with Crippen molar-refractivity contribution in [2.45, 2.75) is 0 Å². The van der Waals surface area contributed by atoms with E-state index in [1.54, 1.807) is 13.2 Å². The van der Waals surface area contributed by atoms with Crippen molar-refractivity contribution in [1.29, 1.82) is 0 Å². The first-order valence-corrected chi connectivity index (χ1v) is 6.36. The summed E-state index contributed by atoms with van der Waals surface area (Å²) in [4.78, 5) is 0. The fraction of sp³-hybridized carbons (Fsp3) is 0.200. The van der Waals surface area contributed by atoms with Crippen LogP contribution in [-0.4, -0.2) is 20.3 Å². The molecule has 0 aliphatic carbocycles. The molecule has 0 aliphatic heterocycles. The van der Waals surface area contributed by atoms with Crippen LogP contribution in [0.5, 0.6) is 5.75 Å². The minimum absolute atomic E-state index is 0.501. The minimum atomic E-state index is 0.501. The number of benzene rings is 2. The van der Waals surface area contributed by atoms with Crippen molar-refractivity contribution in [3.05, 3.63) is 47.5 Å². The topological polar surface area (TPSA) is 44.5 Å². The van der Waals surface area contributed by atoms with E-state index < -0.39 is 0 Å². The second-order valence-electron chi connectivity index (χ2n) is 4.07. The molecular formula is C15H16ClNO2. The second kappa shape index (κ2) is 6.45. The van der Waals surface area contributed by atoms with Gasteiger partial charge >= 0.3 is 0 Å². The Balaban J connectivity index is 2.33. The maximum atomic E-state index is 6.01. The van der Waals surface area contributed by atoms with Crippen LogP contribution >= 0.6 is 11.6 Å². The SMILES string of the molecule is COCCOc1ccccc1-c1ccc(Cl)cc1N. The molecule has 0 saturated heterocycles. The lowest BCUT2D eigenvalue weighted by atomic mass is 10.0. The summed E-state index contributed by atoms with van der Waals surface area (Å²) in [5.74, 6) is 0.786. The lowest BCUT2D eigenvalue weighted by Gasteiger charge is -2.13. The van der Waals surface area contributed by atoms with Crippen LogP contribution in [-0.2, 0) is 4.74 Å². The Morgan fingerprint density at radius 3 is 2.58 bits per heavy atom. The summed E-state index contributed by atoms with van der Waals surface area (Å²) in [5, 5.41) is 0.624. The van der Waals surface area contributed by atoms with Crippen LogP contribution in [0.25, 0.3) is 11.1 Å². The number of methoxy groups -OCH3 is 1. The van der Waals surface area contributed by atoms with Crippen molar-refractivity contribution in [3.63, 3.8) is 0 Å². The number of para-hydroxylation sites is 1. The van der Waals surface area contributed by atoms with E-state index in [4.69, 9.17) is 26.8 Å². The first kappa shape index (κ1) is 13.7. The van der Waals surface area contributed by atoms with Gasteiger partial charge in [-0.25, -0.2) is 0 Å².